The minimum Gasteiger partial charge on any atom is -0.494 e. The van der Waals surface area contributed by atoms with Crippen LogP contribution in [0.1, 0.15) is 37.1 Å². The summed E-state index contributed by atoms with van der Waals surface area (Å²) in [5.41, 5.74) is 3.64. The first-order chi connectivity index (χ1) is 14.4. The maximum Gasteiger partial charge on any atom is 0.116 e. The van der Waals surface area contributed by atoms with Crippen LogP contribution in [-0.2, 0) is 18.2 Å². The number of fused-ring (bicyclic) bond motifs is 1. The first-order valence-corrected chi connectivity index (χ1v) is 10.9. The second-order valence-corrected chi connectivity index (χ2v) is 8.30. The minimum absolute atomic E-state index is 0.488. The summed E-state index contributed by atoms with van der Waals surface area (Å²) in [6.07, 6.45) is 8.38. The fraction of sp³-hybridized carbons (Fsp3) is 0.480. The second kappa shape index (κ2) is 10.6. The van der Waals surface area contributed by atoms with E-state index >= 15 is 0 Å². The molecule has 2 heterocycles. The molecule has 0 saturated carbocycles. The van der Waals surface area contributed by atoms with Crippen molar-refractivity contribution in [3.8, 4) is 0 Å². The number of benzene rings is 1. The molecule has 1 fully saturated rings. The zero-order chi connectivity index (χ0) is 21.5. The van der Waals surface area contributed by atoms with E-state index in [4.69, 9.17) is 9.72 Å². The van der Waals surface area contributed by atoms with Crippen LogP contribution in [0.5, 0.6) is 0 Å². The molecule has 0 unspecified atom stereocenters. The van der Waals surface area contributed by atoms with Crippen molar-refractivity contribution < 1.29 is 9.13 Å². The molecule has 30 heavy (non-hydrogen) atoms. The molecule has 3 rings (SSSR count). The molecule has 1 aliphatic heterocycles. The quantitative estimate of drug-likeness (QED) is 0.383. The number of nitrogens with zero attached hydrogens (tertiary/aromatic N) is 3. The van der Waals surface area contributed by atoms with Gasteiger partial charge in [-0.15, -0.1) is 0 Å². The summed E-state index contributed by atoms with van der Waals surface area (Å²) in [5, 5.41) is 0. The Morgan fingerprint density at radius 3 is 2.73 bits per heavy atom. The molecule has 0 bridgehead atoms. The first-order valence-electron chi connectivity index (χ1n) is 10.9. The maximum absolute atomic E-state index is 12.6. The number of para-hydroxylation sites is 1. The van der Waals surface area contributed by atoms with E-state index in [2.05, 4.69) is 54.8 Å². The zero-order valence-corrected chi connectivity index (χ0v) is 18.4. The van der Waals surface area contributed by atoms with Gasteiger partial charge in [0, 0.05) is 13.5 Å². The highest BCUT2D eigenvalue weighted by Gasteiger charge is 2.19. The van der Waals surface area contributed by atoms with Crippen LogP contribution in [0.4, 0.5) is 4.39 Å². The van der Waals surface area contributed by atoms with Crippen LogP contribution in [0.3, 0.4) is 0 Å². The number of aryl methyl sites for hydroxylation is 3. The van der Waals surface area contributed by atoms with Crippen LogP contribution in [0.15, 0.2) is 55.1 Å². The largest absolute Gasteiger partial charge is 0.494 e. The fourth-order valence-corrected chi connectivity index (χ4v) is 4.28. The Balaban J connectivity index is 1.35. The molecule has 1 saturated heterocycles. The van der Waals surface area contributed by atoms with Gasteiger partial charge in [0.05, 0.1) is 17.6 Å². The van der Waals surface area contributed by atoms with Crippen molar-refractivity contribution in [1.29, 1.82) is 0 Å². The summed E-state index contributed by atoms with van der Waals surface area (Å²) in [7, 11) is 2.13. The number of hydrogen-bond donors (Lipinski definition) is 0. The standard InChI is InChI=1S/C25H34FN3O/c1-19-7-5-8-23-25(19)28(4)24(27-23)9-6-15-29-16-12-22(13-17-29)14-18-30-21(3)11-10-20(2)26/h5,7-8,10-11,22H,2-3,6,9,12-18H2,1,4H3/b11-10-. The van der Waals surface area contributed by atoms with Gasteiger partial charge in [-0.05, 0) is 81.9 Å². The molecule has 162 valence electrons. The number of imidazole rings is 1. The molecule has 1 aromatic heterocycles. The predicted octanol–water partition coefficient (Wildman–Crippen LogP) is 5.49. The molecule has 0 atom stereocenters. The first kappa shape index (κ1) is 22.3. The van der Waals surface area contributed by atoms with Gasteiger partial charge in [-0.3, -0.25) is 0 Å². The molecule has 0 N–H and O–H groups in total. The highest BCUT2D eigenvalue weighted by atomic mass is 19.1. The Kier molecular flexibility index (Phi) is 7.86. The fourth-order valence-electron chi connectivity index (χ4n) is 4.28. The van der Waals surface area contributed by atoms with Crippen molar-refractivity contribution in [3.05, 3.63) is 66.5 Å². The van der Waals surface area contributed by atoms with Crippen molar-refractivity contribution in [2.24, 2.45) is 13.0 Å². The molecule has 0 amide bonds. The monoisotopic (exact) mass is 411 g/mol. The Morgan fingerprint density at radius 1 is 1.27 bits per heavy atom. The van der Waals surface area contributed by atoms with Gasteiger partial charge in [0.2, 0.25) is 0 Å². The average molecular weight is 412 g/mol. The van der Waals surface area contributed by atoms with Crippen molar-refractivity contribution in [3.63, 3.8) is 0 Å². The van der Waals surface area contributed by atoms with Crippen LogP contribution in [0, 0.1) is 12.8 Å². The van der Waals surface area contributed by atoms with E-state index in [1.165, 1.54) is 41.9 Å². The lowest BCUT2D eigenvalue weighted by Crippen LogP contribution is -2.35. The van der Waals surface area contributed by atoms with Gasteiger partial charge in [-0.2, -0.15) is 0 Å². The maximum atomic E-state index is 12.6. The van der Waals surface area contributed by atoms with Crippen molar-refractivity contribution in [1.82, 2.24) is 14.5 Å². The van der Waals surface area contributed by atoms with Crippen molar-refractivity contribution in [2.75, 3.05) is 26.2 Å². The number of rotatable bonds is 10. The number of piperidine rings is 1. The van der Waals surface area contributed by atoms with Crippen LogP contribution in [0.25, 0.3) is 11.0 Å². The van der Waals surface area contributed by atoms with Gasteiger partial charge in [0.15, 0.2) is 0 Å². The summed E-state index contributed by atoms with van der Waals surface area (Å²) >= 11 is 0. The molecule has 2 aromatic rings. The van der Waals surface area contributed by atoms with Gasteiger partial charge in [-0.1, -0.05) is 25.3 Å². The second-order valence-electron chi connectivity index (χ2n) is 8.30. The molecule has 1 aliphatic rings. The van der Waals surface area contributed by atoms with E-state index in [0.717, 1.165) is 44.4 Å². The van der Waals surface area contributed by atoms with Crippen LogP contribution >= 0.6 is 0 Å². The number of halogens is 1. The molecule has 0 aliphatic carbocycles. The summed E-state index contributed by atoms with van der Waals surface area (Å²) < 4.78 is 20.4. The van der Waals surface area contributed by atoms with Crippen LogP contribution in [0.2, 0.25) is 0 Å². The van der Waals surface area contributed by atoms with Gasteiger partial charge in [0.25, 0.3) is 0 Å². The smallest absolute Gasteiger partial charge is 0.116 e. The Hall–Kier alpha value is -2.40. The molecular weight excluding hydrogens is 377 g/mol. The Bertz CT molecular complexity index is 906. The van der Waals surface area contributed by atoms with E-state index in [0.29, 0.717) is 18.3 Å². The zero-order valence-electron chi connectivity index (χ0n) is 18.4. The van der Waals surface area contributed by atoms with E-state index in [-0.39, 0.29) is 0 Å². The SMILES string of the molecule is C=C(F)/C=C\C(=C)OCCC1CCN(CCCc2nc3cccc(C)c3n2C)CC1. The van der Waals surface area contributed by atoms with Crippen LogP contribution in [-0.4, -0.2) is 40.7 Å². The van der Waals surface area contributed by atoms with E-state index in [9.17, 15) is 4.39 Å². The molecule has 0 spiro atoms. The molecule has 0 radical (unpaired) electrons. The van der Waals surface area contributed by atoms with Gasteiger partial charge in [-0.25, -0.2) is 9.37 Å². The van der Waals surface area contributed by atoms with Gasteiger partial charge >= 0.3 is 0 Å². The van der Waals surface area contributed by atoms with E-state index in [1.54, 1.807) is 0 Å². The minimum atomic E-state index is -0.488. The molecule has 5 heteroatoms. The summed E-state index contributed by atoms with van der Waals surface area (Å²) in [6.45, 7) is 13.2. The molecule has 1 aromatic carbocycles. The van der Waals surface area contributed by atoms with E-state index < -0.39 is 5.83 Å². The average Bonchev–Trinajstić information content (AvgIpc) is 3.04. The predicted molar refractivity (Wildman–Crippen MR) is 122 cm³/mol. The van der Waals surface area contributed by atoms with Gasteiger partial charge in [0.1, 0.15) is 17.4 Å². The molecular formula is C25H34FN3O. The number of hydrogen-bond acceptors (Lipinski definition) is 3. The number of likely N-dealkylation sites (tertiary alicyclic amines) is 1. The normalized spacial score (nSPS) is 15.8. The topological polar surface area (TPSA) is 30.3 Å². The summed E-state index contributed by atoms with van der Waals surface area (Å²) in [5.74, 6) is 1.87. The lowest BCUT2D eigenvalue weighted by molar-refractivity contribution is 0.144. The lowest BCUT2D eigenvalue weighted by atomic mass is 9.94. The third kappa shape index (κ3) is 6.05. The van der Waals surface area contributed by atoms with Gasteiger partial charge < -0.3 is 14.2 Å². The van der Waals surface area contributed by atoms with Crippen molar-refractivity contribution >= 4 is 11.0 Å². The summed E-state index contributed by atoms with van der Waals surface area (Å²) in [4.78, 5) is 7.40. The number of aromatic nitrogens is 2. The van der Waals surface area contributed by atoms with Crippen molar-refractivity contribution in [2.45, 2.75) is 39.0 Å². The highest BCUT2D eigenvalue weighted by molar-refractivity contribution is 5.79. The number of ether oxygens (including phenoxy) is 1. The molecule has 4 nitrogen and oxygen atoms in total. The summed E-state index contributed by atoms with van der Waals surface area (Å²) in [6, 6.07) is 6.33. The van der Waals surface area contributed by atoms with E-state index in [1.807, 2.05) is 0 Å². The highest BCUT2D eigenvalue weighted by Crippen LogP contribution is 2.22. The van der Waals surface area contributed by atoms with Crippen LogP contribution < -0.4 is 0 Å². The Morgan fingerprint density at radius 2 is 2.03 bits per heavy atom. The Labute approximate surface area is 179 Å². The number of allylic oxidation sites excluding steroid dienone is 3. The lowest BCUT2D eigenvalue weighted by Gasteiger charge is -2.31. The third-order valence-electron chi connectivity index (χ3n) is 6.03. The third-order valence-corrected chi connectivity index (χ3v) is 6.03.